The highest BCUT2D eigenvalue weighted by atomic mass is 16.5. The van der Waals surface area contributed by atoms with Crippen molar-refractivity contribution in [3.8, 4) is 11.5 Å². The van der Waals surface area contributed by atoms with Crippen molar-refractivity contribution < 1.29 is 14.3 Å². The molecule has 1 saturated carbocycles. The molecule has 158 valence electrons. The zero-order chi connectivity index (χ0) is 21.1. The molecule has 1 aliphatic carbocycles. The van der Waals surface area contributed by atoms with Crippen molar-refractivity contribution in [1.82, 2.24) is 15.3 Å². The van der Waals surface area contributed by atoms with Gasteiger partial charge in [0, 0.05) is 41.5 Å². The molecule has 1 saturated heterocycles. The monoisotopic (exact) mass is 408 g/mol. The number of pyridine rings is 1. The summed E-state index contributed by atoms with van der Waals surface area (Å²) in [6.45, 7) is 1.04. The van der Waals surface area contributed by atoms with Crippen LogP contribution in [0.1, 0.15) is 41.6 Å². The van der Waals surface area contributed by atoms with Crippen molar-refractivity contribution in [2.45, 2.75) is 37.1 Å². The van der Waals surface area contributed by atoms with Gasteiger partial charge >= 0.3 is 0 Å². The van der Waals surface area contributed by atoms with Crippen molar-refractivity contribution in [1.29, 1.82) is 0 Å². The van der Waals surface area contributed by atoms with E-state index in [-0.39, 0.29) is 11.3 Å². The Balaban J connectivity index is 1.55. The van der Waals surface area contributed by atoms with Crippen LogP contribution in [-0.2, 0) is 5.41 Å². The van der Waals surface area contributed by atoms with Crippen molar-refractivity contribution in [2.24, 2.45) is 5.10 Å². The van der Waals surface area contributed by atoms with Crippen LogP contribution in [0.15, 0.2) is 47.8 Å². The Morgan fingerprint density at radius 1 is 1.17 bits per heavy atom. The first kappa shape index (κ1) is 20.3. The number of carbonyl (C=O) groups excluding carboxylic acids is 1. The van der Waals surface area contributed by atoms with Crippen LogP contribution < -0.4 is 14.9 Å². The zero-order valence-electron chi connectivity index (χ0n) is 17.7. The molecule has 2 heterocycles. The Bertz CT molecular complexity index is 947. The van der Waals surface area contributed by atoms with Gasteiger partial charge in [-0.3, -0.25) is 9.78 Å². The number of nitrogens with zero attached hydrogens (tertiary/aromatic N) is 3. The number of hydrogen-bond acceptors (Lipinski definition) is 6. The molecule has 2 fully saturated rings. The fraction of sp³-hybridized carbons (Fsp3) is 0.435. The first-order valence-electron chi connectivity index (χ1n) is 10.3. The number of benzene rings is 1. The molecule has 30 heavy (non-hydrogen) atoms. The maximum Gasteiger partial charge on any atom is 0.271 e. The molecule has 1 N–H and O–H groups in total. The van der Waals surface area contributed by atoms with E-state index in [4.69, 9.17) is 9.47 Å². The second kappa shape index (κ2) is 8.44. The number of fused-ring (bicyclic) bond motifs is 1. The van der Waals surface area contributed by atoms with E-state index >= 15 is 0 Å². The normalized spacial score (nSPS) is 25.0. The fourth-order valence-electron chi connectivity index (χ4n) is 4.88. The summed E-state index contributed by atoms with van der Waals surface area (Å²) in [4.78, 5) is 18.7. The fourth-order valence-corrected chi connectivity index (χ4v) is 4.88. The topological polar surface area (TPSA) is 76.0 Å². The Labute approximate surface area is 177 Å². The van der Waals surface area contributed by atoms with Gasteiger partial charge in [0.1, 0.15) is 0 Å². The van der Waals surface area contributed by atoms with Crippen LogP contribution in [0.3, 0.4) is 0 Å². The molecule has 1 aromatic heterocycles. The standard InChI is InChI=1S/C23H28N4O3/c1-27-13-10-23(17-4-5-19(29-2)20(14-17)30-3)9-6-18(15-21(23)27)25-26-22(28)16-7-11-24-12-8-16/h4-5,7-8,11-12,14,21H,6,9-10,13,15H2,1-3H3,(H,26,28)/t21-,23-/m0/s1. The van der Waals surface area contributed by atoms with E-state index in [2.05, 4.69) is 39.6 Å². The van der Waals surface area contributed by atoms with Crippen LogP contribution in [0.25, 0.3) is 0 Å². The largest absolute Gasteiger partial charge is 0.493 e. The Morgan fingerprint density at radius 2 is 1.93 bits per heavy atom. The van der Waals surface area contributed by atoms with Gasteiger partial charge in [-0.1, -0.05) is 6.07 Å². The average molecular weight is 409 g/mol. The molecule has 0 bridgehead atoms. The molecule has 1 amide bonds. The van der Waals surface area contributed by atoms with E-state index in [1.165, 1.54) is 5.56 Å². The van der Waals surface area contributed by atoms with Gasteiger partial charge < -0.3 is 14.4 Å². The number of rotatable bonds is 5. The van der Waals surface area contributed by atoms with Gasteiger partial charge in [0.2, 0.25) is 0 Å². The second-order valence-electron chi connectivity index (χ2n) is 8.03. The van der Waals surface area contributed by atoms with E-state index in [1.807, 2.05) is 6.07 Å². The molecule has 4 rings (SSSR count). The van der Waals surface area contributed by atoms with Gasteiger partial charge in [-0.25, -0.2) is 5.43 Å². The predicted molar refractivity (Wildman–Crippen MR) is 115 cm³/mol. The minimum absolute atomic E-state index is 0.0580. The minimum Gasteiger partial charge on any atom is -0.493 e. The van der Waals surface area contributed by atoms with Crippen LogP contribution in [0, 0.1) is 0 Å². The van der Waals surface area contributed by atoms with Crippen LogP contribution in [0.2, 0.25) is 0 Å². The summed E-state index contributed by atoms with van der Waals surface area (Å²) in [5.41, 5.74) is 5.65. The number of carbonyl (C=O) groups is 1. The lowest BCUT2D eigenvalue weighted by Gasteiger charge is -2.42. The summed E-state index contributed by atoms with van der Waals surface area (Å²) < 4.78 is 11.0. The van der Waals surface area contributed by atoms with E-state index in [0.29, 0.717) is 11.6 Å². The lowest BCUT2D eigenvalue weighted by Crippen LogP contribution is -2.46. The first-order chi connectivity index (χ1) is 14.6. The lowest BCUT2D eigenvalue weighted by atomic mass is 9.65. The second-order valence-corrected chi connectivity index (χ2v) is 8.03. The summed E-state index contributed by atoms with van der Waals surface area (Å²) in [5, 5.41) is 4.47. The van der Waals surface area contributed by atoms with Gasteiger partial charge in [0.05, 0.1) is 14.2 Å². The summed E-state index contributed by atoms with van der Waals surface area (Å²) in [5.74, 6) is 1.31. The number of hydrazone groups is 1. The van der Waals surface area contributed by atoms with Crippen molar-refractivity contribution in [3.05, 3.63) is 53.9 Å². The van der Waals surface area contributed by atoms with E-state index < -0.39 is 0 Å². The number of nitrogens with one attached hydrogen (secondary N) is 1. The Morgan fingerprint density at radius 3 is 2.67 bits per heavy atom. The predicted octanol–water partition coefficient (Wildman–Crippen LogP) is 3.01. The van der Waals surface area contributed by atoms with Crippen molar-refractivity contribution in [3.63, 3.8) is 0 Å². The highest BCUT2D eigenvalue weighted by molar-refractivity contribution is 5.95. The molecular weight excluding hydrogens is 380 g/mol. The molecule has 1 aromatic carbocycles. The maximum atomic E-state index is 12.3. The lowest BCUT2D eigenvalue weighted by molar-refractivity contribution is 0.0954. The smallest absolute Gasteiger partial charge is 0.271 e. The van der Waals surface area contributed by atoms with Gasteiger partial charge in [-0.15, -0.1) is 0 Å². The average Bonchev–Trinajstić information content (AvgIpc) is 3.14. The number of hydrogen-bond donors (Lipinski definition) is 1. The Hall–Kier alpha value is -2.93. The molecule has 2 aromatic rings. The maximum absolute atomic E-state index is 12.3. The van der Waals surface area contributed by atoms with Crippen LogP contribution in [-0.4, -0.2) is 55.4 Å². The SMILES string of the molecule is COc1ccc([C@@]23CCC(=NNC(=O)c4ccncc4)C[C@@H]2N(C)CC3)cc1OC. The van der Waals surface area contributed by atoms with E-state index in [9.17, 15) is 4.79 Å². The Kier molecular flexibility index (Phi) is 5.72. The quantitative estimate of drug-likeness (QED) is 0.770. The third-order valence-corrected chi connectivity index (χ3v) is 6.59. The van der Waals surface area contributed by atoms with Crippen LogP contribution >= 0.6 is 0 Å². The van der Waals surface area contributed by atoms with Crippen molar-refractivity contribution >= 4 is 11.6 Å². The minimum atomic E-state index is -0.207. The third-order valence-electron chi connectivity index (χ3n) is 6.59. The summed E-state index contributed by atoms with van der Waals surface area (Å²) in [6.07, 6.45) is 6.99. The molecule has 2 atom stereocenters. The summed E-state index contributed by atoms with van der Waals surface area (Å²) in [6, 6.07) is 9.99. The molecule has 7 nitrogen and oxygen atoms in total. The molecule has 0 spiro atoms. The van der Waals surface area contributed by atoms with Crippen molar-refractivity contribution in [2.75, 3.05) is 27.8 Å². The zero-order valence-corrected chi connectivity index (χ0v) is 17.7. The van der Waals surface area contributed by atoms with Gasteiger partial charge in [-0.05, 0) is 62.7 Å². The van der Waals surface area contributed by atoms with E-state index in [1.54, 1.807) is 38.7 Å². The van der Waals surface area contributed by atoms with Crippen LogP contribution in [0.5, 0.6) is 11.5 Å². The van der Waals surface area contributed by atoms with E-state index in [0.717, 1.165) is 49.4 Å². The highest BCUT2D eigenvalue weighted by Gasteiger charge is 2.49. The number of likely N-dealkylation sites (N-methyl/N-ethyl adjacent to an activating group) is 1. The summed E-state index contributed by atoms with van der Waals surface area (Å²) in [7, 11) is 5.51. The highest BCUT2D eigenvalue weighted by Crippen LogP contribution is 2.49. The van der Waals surface area contributed by atoms with Crippen LogP contribution in [0.4, 0.5) is 0 Å². The molecule has 0 unspecified atom stereocenters. The summed E-state index contributed by atoms with van der Waals surface area (Å²) >= 11 is 0. The molecule has 7 heteroatoms. The number of amides is 1. The number of likely N-dealkylation sites (tertiary alicyclic amines) is 1. The number of aromatic nitrogens is 1. The van der Waals surface area contributed by atoms with Gasteiger partial charge in [0.15, 0.2) is 11.5 Å². The van der Waals surface area contributed by atoms with Gasteiger partial charge in [-0.2, -0.15) is 5.10 Å². The number of ether oxygens (including phenoxy) is 2. The first-order valence-corrected chi connectivity index (χ1v) is 10.3. The molecule has 2 aliphatic rings. The molecule has 0 radical (unpaired) electrons. The number of methoxy groups -OCH3 is 2. The van der Waals surface area contributed by atoms with Gasteiger partial charge in [0.25, 0.3) is 5.91 Å². The molecule has 1 aliphatic heterocycles. The third kappa shape index (κ3) is 3.65. The molecular formula is C23H28N4O3.